The van der Waals surface area contributed by atoms with Crippen LogP contribution in [0.25, 0.3) is 0 Å². The van der Waals surface area contributed by atoms with E-state index in [4.69, 9.17) is 10.5 Å². The van der Waals surface area contributed by atoms with Gasteiger partial charge in [0, 0.05) is 6.54 Å². The van der Waals surface area contributed by atoms with Gasteiger partial charge in [0.15, 0.2) is 0 Å². The van der Waals surface area contributed by atoms with E-state index in [0.29, 0.717) is 19.6 Å². The van der Waals surface area contributed by atoms with E-state index >= 15 is 0 Å². The Morgan fingerprint density at radius 1 is 1.26 bits per heavy atom. The Hall–Kier alpha value is -1.35. The number of hydrogen-bond donors (Lipinski definition) is 1. The zero-order valence-electron chi connectivity index (χ0n) is 12.2. The third-order valence-electron chi connectivity index (χ3n) is 3.49. The molecule has 3 heteroatoms. The number of esters is 1. The molecule has 0 bridgehead atoms. The molecule has 0 aliphatic carbocycles. The summed E-state index contributed by atoms with van der Waals surface area (Å²) < 4.78 is 5.23. The molecule has 1 aromatic rings. The van der Waals surface area contributed by atoms with Gasteiger partial charge < -0.3 is 10.5 Å². The van der Waals surface area contributed by atoms with E-state index in [1.807, 2.05) is 6.92 Å². The summed E-state index contributed by atoms with van der Waals surface area (Å²) in [5.41, 5.74) is 7.67. The van der Waals surface area contributed by atoms with Crippen molar-refractivity contribution in [1.29, 1.82) is 0 Å². The number of benzene rings is 1. The van der Waals surface area contributed by atoms with Crippen LogP contribution >= 0.6 is 0 Å². The summed E-state index contributed by atoms with van der Waals surface area (Å²) in [6, 6.07) is 8.25. The van der Waals surface area contributed by atoms with Crippen molar-refractivity contribution in [2.45, 2.75) is 40.0 Å². The van der Waals surface area contributed by atoms with E-state index in [-0.39, 0.29) is 5.97 Å². The first-order valence-corrected chi connectivity index (χ1v) is 7.00. The summed E-state index contributed by atoms with van der Waals surface area (Å²) in [4.78, 5) is 12.3. The largest absolute Gasteiger partial charge is 0.466 e. The molecule has 3 nitrogen and oxygen atoms in total. The minimum atomic E-state index is -0.583. The van der Waals surface area contributed by atoms with Crippen LogP contribution in [0.15, 0.2) is 24.3 Å². The van der Waals surface area contributed by atoms with Gasteiger partial charge in [0.05, 0.1) is 12.0 Å². The lowest BCUT2D eigenvalue weighted by Gasteiger charge is -2.30. The highest BCUT2D eigenvalue weighted by atomic mass is 16.5. The zero-order valence-corrected chi connectivity index (χ0v) is 12.2. The van der Waals surface area contributed by atoms with Gasteiger partial charge in [-0.15, -0.1) is 0 Å². The number of aryl methyl sites for hydroxylation is 1. The van der Waals surface area contributed by atoms with Gasteiger partial charge in [-0.2, -0.15) is 0 Å². The van der Waals surface area contributed by atoms with Gasteiger partial charge in [0.1, 0.15) is 0 Å². The monoisotopic (exact) mass is 263 g/mol. The van der Waals surface area contributed by atoms with Crippen LogP contribution in [-0.4, -0.2) is 19.1 Å². The maximum Gasteiger partial charge on any atom is 0.313 e. The van der Waals surface area contributed by atoms with Crippen molar-refractivity contribution >= 4 is 5.97 Å². The first-order chi connectivity index (χ1) is 9.07. The zero-order chi connectivity index (χ0) is 14.3. The average Bonchev–Trinajstić information content (AvgIpc) is 2.41. The summed E-state index contributed by atoms with van der Waals surface area (Å²) >= 11 is 0. The van der Waals surface area contributed by atoms with Crippen molar-refractivity contribution in [2.24, 2.45) is 11.1 Å². The SMILES string of the molecule is CCCC(CN)(Cc1ccc(C)cc1)C(=O)OCC. The van der Waals surface area contributed by atoms with E-state index in [1.165, 1.54) is 5.56 Å². The number of carbonyl (C=O) groups excluding carboxylic acids is 1. The molecule has 2 N–H and O–H groups in total. The fourth-order valence-electron chi connectivity index (χ4n) is 2.38. The minimum absolute atomic E-state index is 0.167. The molecule has 0 radical (unpaired) electrons. The predicted molar refractivity (Wildman–Crippen MR) is 77.9 cm³/mol. The Morgan fingerprint density at radius 2 is 1.89 bits per heavy atom. The summed E-state index contributed by atoms with van der Waals surface area (Å²) in [7, 11) is 0. The van der Waals surface area contributed by atoms with Crippen molar-refractivity contribution in [2.75, 3.05) is 13.2 Å². The van der Waals surface area contributed by atoms with Gasteiger partial charge in [0.2, 0.25) is 0 Å². The van der Waals surface area contributed by atoms with Crippen LogP contribution in [0, 0.1) is 12.3 Å². The molecule has 1 aromatic carbocycles. The first-order valence-electron chi connectivity index (χ1n) is 7.00. The van der Waals surface area contributed by atoms with Crippen LogP contribution in [0.1, 0.15) is 37.8 Å². The van der Waals surface area contributed by atoms with E-state index in [1.54, 1.807) is 0 Å². The van der Waals surface area contributed by atoms with Gasteiger partial charge in [-0.05, 0) is 32.3 Å². The maximum absolute atomic E-state index is 12.3. The van der Waals surface area contributed by atoms with Crippen molar-refractivity contribution < 1.29 is 9.53 Å². The van der Waals surface area contributed by atoms with Crippen molar-refractivity contribution in [3.63, 3.8) is 0 Å². The summed E-state index contributed by atoms with van der Waals surface area (Å²) in [5, 5.41) is 0. The molecule has 0 saturated carbocycles. The smallest absolute Gasteiger partial charge is 0.313 e. The average molecular weight is 263 g/mol. The number of rotatable bonds is 7. The summed E-state index contributed by atoms with van der Waals surface area (Å²) in [6.07, 6.45) is 2.33. The molecule has 1 rings (SSSR count). The highest BCUT2D eigenvalue weighted by Gasteiger charge is 2.37. The van der Waals surface area contributed by atoms with Gasteiger partial charge in [-0.25, -0.2) is 0 Å². The van der Waals surface area contributed by atoms with Crippen molar-refractivity contribution in [3.8, 4) is 0 Å². The van der Waals surface area contributed by atoms with Crippen molar-refractivity contribution in [3.05, 3.63) is 35.4 Å². The predicted octanol–water partition coefficient (Wildman–Crippen LogP) is 2.85. The van der Waals surface area contributed by atoms with Gasteiger partial charge in [-0.3, -0.25) is 4.79 Å². The molecule has 0 fully saturated rings. The third-order valence-corrected chi connectivity index (χ3v) is 3.49. The lowest BCUT2D eigenvalue weighted by atomic mass is 9.77. The molecule has 19 heavy (non-hydrogen) atoms. The van der Waals surface area contributed by atoms with Crippen LogP contribution < -0.4 is 5.73 Å². The Kier molecular flexibility index (Phi) is 6.03. The Morgan fingerprint density at radius 3 is 2.37 bits per heavy atom. The molecular weight excluding hydrogens is 238 g/mol. The summed E-state index contributed by atoms with van der Waals surface area (Å²) in [5.74, 6) is -0.167. The molecule has 0 saturated heterocycles. The van der Waals surface area contributed by atoms with E-state index in [9.17, 15) is 4.79 Å². The second-order valence-corrected chi connectivity index (χ2v) is 5.12. The van der Waals surface area contributed by atoms with Crippen LogP contribution in [0.5, 0.6) is 0 Å². The molecule has 0 aliphatic rings. The van der Waals surface area contributed by atoms with Gasteiger partial charge in [0.25, 0.3) is 0 Å². The molecule has 1 unspecified atom stereocenters. The summed E-state index contributed by atoms with van der Waals surface area (Å²) in [6.45, 7) is 6.68. The standard InChI is InChI=1S/C16H25NO2/c1-4-10-16(12-17,15(18)19-5-2)11-14-8-6-13(3)7-9-14/h6-9H,4-5,10-12,17H2,1-3H3. The van der Waals surface area contributed by atoms with Crippen LogP contribution in [0.4, 0.5) is 0 Å². The van der Waals surface area contributed by atoms with Gasteiger partial charge in [-0.1, -0.05) is 43.2 Å². The maximum atomic E-state index is 12.3. The fourth-order valence-corrected chi connectivity index (χ4v) is 2.38. The molecule has 1 atom stereocenters. The lowest BCUT2D eigenvalue weighted by molar-refractivity contribution is -0.155. The van der Waals surface area contributed by atoms with Crippen LogP contribution in [0.2, 0.25) is 0 Å². The lowest BCUT2D eigenvalue weighted by Crippen LogP contribution is -2.42. The second kappa shape index (κ2) is 7.29. The Balaban J connectivity index is 2.95. The molecule has 106 valence electrons. The molecule has 0 spiro atoms. The van der Waals surface area contributed by atoms with Crippen molar-refractivity contribution in [1.82, 2.24) is 0 Å². The molecule has 0 aliphatic heterocycles. The van der Waals surface area contributed by atoms with Crippen LogP contribution in [0.3, 0.4) is 0 Å². The highest BCUT2D eigenvalue weighted by molar-refractivity contribution is 5.77. The Bertz CT molecular complexity index is 400. The van der Waals surface area contributed by atoms with Gasteiger partial charge >= 0.3 is 5.97 Å². The number of nitrogens with two attached hydrogens (primary N) is 1. The third kappa shape index (κ3) is 4.06. The quantitative estimate of drug-likeness (QED) is 0.770. The van der Waals surface area contributed by atoms with Crippen LogP contribution in [-0.2, 0) is 16.0 Å². The minimum Gasteiger partial charge on any atom is -0.466 e. The topological polar surface area (TPSA) is 52.3 Å². The highest BCUT2D eigenvalue weighted by Crippen LogP contribution is 2.29. The van der Waals surface area contributed by atoms with E-state index < -0.39 is 5.41 Å². The Labute approximate surface area is 116 Å². The first kappa shape index (κ1) is 15.7. The second-order valence-electron chi connectivity index (χ2n) is 5.12. The fraction of sp³-hybridized carbons (Fsp3) is 0.562. The normalized spacial score (nSPS) is 13.9. The number of ether oxygens (including phenoxy) is 1. The molecular formula is C16H25NO2. The van der Waals surface area contributed by atoms with E-state index in [2.05, 4.69) is 38.1 Å². The number of hydrogen-bond acceptors (Lipinski definition) is 3. The molecule has 0 heterocycles. The molecule has 0 aromatic heterocycles. The number of carbonyl (C=O) groups is 1. The molecule has 0 amide bonds. The van der Waals surface area contributed by atoms with E-state index in [0.717, 1.165) is 18.4 Å².